The van der Waals surface area contributed by atoms with E-state index in [0.29, 0.717) is 28.5 Å². The maximum atomic E-state index is 13.0. The third-order valence-corrected chi connectivity index (χ3v) is 9.42. The molecule has 1 saturated carbocycles. The number of sulfone groups is 1. The molecule has 0 aromatic heterocycles. The van der Waals surface area contributed by atoms with Crippen molar-refractivity contribution in [2.24, 2.45) is 5.41 Å². The van der Waals surface area contributed by atoms with Crippen LogP contribution in [0.5, 0.6) is 11.5 Å². The summed E-state index contributed by atoms with van der Waals surface area (Å²) < 4.78 is 36.3. The average molecular weight is 530 g/mol. The summed E-state index contributed by atoms with van der Waals surface area (Å²) in [6.45, 7) is 2.62. The van der Waals surface area contributed by atoms with E-state index in [-0.39, 0.29) is 27.2 Å². The molecular formula is C27H31NO6S2. The van der Waals surface area contributed by atoms with Gasteiger partial charge in [0.2, 0.25) is 0 Å². The zero-order valence-electron chi connectivity index (χ0n) is 20.8. The monoisotopic (exact) mass is 529 g/mol. The van der Waals surface area contributed by atoms with Crippen LogP contribution in [-0.2, 0) is 20.4 Å². The van der Waals surface area contributed by atoms with Crippen LogP contribution in [0.3, 0.4) is 0 Å². The number of carbonyl (C=O) groups is 2. The normalized spacial score (nSPS) is 19.1. The van der Waals surface area contributed by atoms with E-state index in [2.05, 4.69) is 6.92 Å². The topological polar surface area (TPSA) is 90.0 Å². The first-order valence-electron chi connectivity index (χ1n) is 11.9. The van der Waals surface area contributed by atoms with Crippen molar-refractivity contribution in [3.8, 4) is 11.5 Å². The number of carbonyl (C=O) groups excluding carboxylic acids is 2. The van der Waals surface area contributed by atoms with Crippen LogP contribution in [0.15, 0.2) is 52.3 Å². The molecule has 4 rings (SSSR count). The van der Waals surface area contributed by atoms with Crippen LogP contribution in [0.2, 0.25) is 0 Å². The van der Waals surface area contributed by atoms with Crippen LogP contribution >= 0.6 is 11.8 Å². The zero-order valence-corrected chi connectivity index (χ0v) is 22.4. The second kappa shape index (κ2) is 10.7. The number of ether oxygens (including phenoxy) is 2. The summed E-state index contributed by atoms with van der Waals surface area (Å²) in [6.07, 6.45) is 7.24. The molecule has 1 heterocycles. The van der Waals surface area contributed by atoms with Crippen molar-refractivity contribution in [2.75, 3.05) is 20.8 Å². The van der Waals surface area contributed by atoms with Crippen LogP contribution in [0, 0.1) is 5.41 Å². The van der Waals surface area contributed by atoms with E-state index in [1.807, 2.05) is 0 Å². The number of nitrogens with zero attached hydrogens (tertiary/aromatic N) is 1. The average Bonchev–Trinajstić information content (AvgIpc) is 3.11. The van der Waals surface area contributed by atoms with Crippen LogP contribution in [0.25, 0.3) is 6.08 Å². The van der Waals surface area contributed by atoms with Crippen LogP contribution in [0.1, 0.15) is 50.2 Å². The lowest BCUT2D eigenvalue weighted by Gasteiger charge is -2.35. The lowest BCUT2D eigenvalue weighted by molar-refractivity contribution is -0.124. The van der Waals surface area contributed by atoms with Crippen molar-refractivity contribution >= 4 is 38.8 Å². The van der Waals surface area contributed by atoms with Crippen molar-refractivity contribution in [3.05, 3.63) is 58.5 Å². The highest BCUT2D eigenvalue weighted by atomic mass is 32.2. The van der Waals surface area contributed by atoms with Crippen LogP contribution in [0.4, 0.5) is 4.79 Å². The molecule has 9 heteroatoms. The smallest absolute Gasteiger partial charge is 0.293 e. The van der Waals surface area contributed by atoms with Crippen molar-refractivity contribution in [1.29, 1.82) is 0 Å². The fraction of sp³-hybridized carbons (Fsp3) is 0.407. The standard InChI is InChI=1S/C27H31NO6S2/c1-27(13-5-4-6-14-27)18-28-25(29)24(35-26(28)30)15-19-7-9-20(10-8-19)17-36(31,32)21-11-12-22(33-2)23(16-21)34-3/h7-12,15-16H,4-6,13-14,17-18H2,1-3H3/b24-15-. The Morgan fingerprint density at radius 1 is 0.972 bits per heavy atom. The van der Waals surface area contributed by atoms with Gasteiger partial charge in [0, 0.05) is 12.6 Å². The molecule has 0 atom stereocenters. The molecule has 2 aliphatic rings. The summed E-state index contributed by atoms with van der Waals surface area (Å²) >= 11 is 0.962. The Balaban J connectivity index is 1.45. The molecule has 0 bridgehead atoms. The van der Waals surface area contributed by atoms with E-state index in [1.54, 1.807) is 36.4 Å². The van der Waals surface area contributed by atoms with Crippen molar-refractivity contribution in [1.82, 2.24) is 4.90 Å². The summed E-state index contributed by atoms with van der Waals surface area (Å²) in [5.74, 6) is 0.369. The number of thioether (sulfide) groups is 1. The van der Waals surface area contributed by atoms with Gasteiger partial charge in [-0.05, 0) is 59.4 Å². The number of hydrogen-bond donors (Lipinski definition) is 0. The minimum Gasteiger partial charge on any atom is -0.493 e. The largest absolute Gasteiger partial charge is 0.493 e. The molecule has 36 heavy (non-hydrogen) atoms. The molecule has 0 N–H and O–H groups in total. The maximum absolute atomic E-state index is 13.0. The van der Waals surface area contributed by atoms with Crippen molar-refractivity contribution in [2.45, 2.75) is 49.7 Å². The molecule has 7 nitrogen and oxygen atoms in total. The lowest BCUT2D eigenvalue weighted by atomic mass is 9.75. The Kier molecular flexibility index (Phi) is 7.80. The lowest BCUT2D eigenvalue weighted by Crippen LogP contribution is -2.39. The molecule has 1 saturated heterocycles. The van der Waals surface area contributed by atoms with Gasteiger partial charge in [-0.2, -0.15) is 0 Å². The minimum atomic E-state index is -3.61. The molecule has 0 radical (unpaired) electrons. The first-order valence-corrected chi connectivity index (χ1v) is 14.4. The summed E-state index contributed by atoms with van der Waals surface area (Å²) in [6, 6.07) is 11.5. The Morgan fingerprint density at radius 2 is 1.64 bits per heavy atom. The number of hydrogen-bond acceptors (Lipinski definition) is 7. The van der Waals surface area contributed by atoms with Crippen LogP contribution < -0.4 is 9.47 Å². The van der Waals surface area contributed by atoms with Gasteiger partial charge in [0.05, 0.1) is 29.8 Å². The fourth-order valence-electron chi connectivity index (χ4n) is 4.76. The molecule has 192 valence electrons. The Bertz CT molecular complexity index is 1280. The van der Waals surface area contributed by atoms with Crippen molar-refractivity contribution in [3.63, 3.8) is 0 Å². The third kappa shape index (κ3) is 5.78. The molecule has 1 aliphatic heterocycles. The van der Waals surface area contributed by atoms with Gasteiger partial charge >= 0.3 is 0 Å². The molecule has 2 fully saturated rings. The second-order valence-electron chi connectivity index (χ2n) is 9.66. The van der Waals surface area contributed by atoms with Gasteiger partial charge in [-0.3, -0.25) is 14.5 Å². The first-order chi connectivity index (χ1) is 17.1. The second-order valence-corrected chi connectivity index (χ2v) is 12.6. The number of methoxy groups -OCH3 is 2. The van der Waals surface area contributed by atoms with Gasteiger partial charge in [-0.1, -0.05) is 50.5 Å². The van der Waals surface area contributed by atoms with Gasteiger partial charge in [0.1, 0.15) is 0 Å². The summed E-state index contributed by atoms with van der Waals surface area (Å²) in [7, 11) is -0.663. The first kappa shape index (κ1) is 26.3. The Hall–Kier alpha value is -2.78. The molecule has 2 amide bonds. The number of rotatable bonds is 8. The van der Waals surface area contributed by atoms with E-state index in [4.69, 9.17) is 9.47 Å². The van der Waals surface area contributed by atoms with Gasteiger partial charge in [0.15, 0.2) is 21.3 Å². The molecule has 2 aromatic rings. The highest BCUT2D eigenvalue weighted by Crippen LogP contribution is 2.40. The highest BCUT2D eigenvalue weighted by Gasteiger charge is 2.40. The summed E-state index contributed by atoms with van der Waals surface area (Å²) in [5.41, 5.74) is 1.33. The molecule has 2 aromatic carbocycles. The van der Waals surface area contributed by atoms with Gasteiger partial charge in [-0.25, -0.2) is 8.42 Å². The number of imide groups is 1. The van der Waals surface area contributed by atoms with Crippen molar-refractivity contribution < 1.29 is 27.5 Å². The molecule has 0 spiro atoms. The molecule has 0 unspecified atom stereocenters. The quantitative estimate of drug-likeness (QED) is 0.406. The molecular weight excluding hydrogens is 498 g/mol. The van der Waals surface area contributed by atoms with E-state index in [9.17, 15) is 18.0 Å². The predicted octanol–water partition coefficient (Wildman–Crippen LogP) is 5.68. The van der Waals surface area contributed by atoms with Crippen LogP contribution in [-0.4, -0.2) is 45.2 Å². The number of benzene rings is 2. The molecule has 1 aliphatic carbocycles. The Labute approximate surface area is 216 Å². The van der Waals surface area contributed by atoms with E-state index in [1.165, 1.54) is 37.7 Å². The van der Waals surface area contributed by atoms with E-state index in [0.717, 1.165) is 43.0 Å². The highest BCUT2D eigenvalue weighted by molar-refractivity contribution is 8.18. The number of amides is 2. The van der Waals surface area contributed by atoms with E-state index < -0.39 is 9.84 Å². The van der Waals surface area contributed by atoms with Gasteiger partial charge in [0.25, 0.3) is 11.1 Å². The van der Waals surface area contributed by atoms with Gasteiger partial charge < -0.3 is 9.47 Å². The zero-order chi connectivity index (χ0) is 25.9. The summed E-state index contributed by atoms with van der Waals surface area (Å²) in [4.78, 5) is 27.5. The predicted molar refractivity (Wildman–Crippen MR) is 141 cm³/mol. The fourth-order valence-corrected chi connectivity index (χ4v) is 6.95. The third-order valence-electron chi connectivity index (χ3n) is 6.82. The maximum Gasteiger partial charge on any atom is 0.293 e. The SMILES string of the molecule is COc1ccc(S(=O)(=O)Cc2ccc(/C=C3\SC(=O)N(CC4(C)CCCCC4)C3=O)cc2)cc1OC. The van der Waals surface area contributed by atoms with E-state index >= 15 is 0 Å². The minimum absolute atomic E-state index is 0.0133. The Morgan fingerprint density at radius 3 is 2.28 bits per heavy atom. The summed E-state index contributed by atoms with van der Waals surface area (Å²) in [5, 5.41) is -0.226. The van der Waals surface area contributed by atoms with Gasteiger partial charge in [-0.15, -0.1) is 0 Å².